The van der Waals surface area contributed by atoms with Crippen LogP contribution < -0.4 is 16.2 Å². The zero-order valence-electron chi connectivity index (χ0n) is 18.9. The first-order chi connectivity index (χ1) is 16.5. The fraction of sp³-hybridized carbons (Fsp3) is 0.115. The van der Waals surface area contributed by atoms with E-state index in [1.165, 1.54) is 4.68 Å². The van der Waals surface area contributed by atoms with E-state index in [1.807, 2.05) is 67.2 Å². The zero-order valence-corrected chi connectivity index (χ0v) is 18.9. The van der Waals surface area contributed by atoms with Gasteiger partial charge >= 0.3 is 0 Å². The quantitative estimate of drug-likeness (QED) is 0.394. The highest BCUT2D eigenvalue weighted by Crippen LogP contribution is 2.32. The topological polar surface area (TPSA) is 97.8 Å². The summed E-state index contributed by atoms with van der Waals surface area (Å²) in [6.45, 7) is 0.372. The molecule has 0 amide bonds. The van der Waals surface area contributed by atoms with Gasteiger partial charge in [0.2, 0.25) is 0 Å². The standard InChI is InChI=1S/C26H23N7O/c1-31(18-7-4-6-17(27)11-18)19-9-10-20-22-14-29-33(26(34)25(22)32(2)24(20)12-19)15-16-5-3-8-23-21(16)13-28-30-23/h3-14H,15,27H2,1-2H3,(H,28,30). The van der Waals surface area contributed by atoms with Gasteiger partial charge in [-0.05, 0) is 42.0 Å². The van der Waals surface area contributed by atoms with Crippen LogP contribution in [0.2, 0.25) is 0 Å². The number of nitrogens with one attached hydrogen (secondary N) is 1. The molecule has 3 aromatic heterocycles. The van der Waals surface area contributed by atoms with Crippen molar-refractivity contribution in [1.29, 1.82) is 0 Å². The highest BCUT2D eigenvalue weighted by Gasteiger charge is 2.16. The van der Waals surface area contributed by atoms with Crippen molar-refractivity contribution in [3.05, 3.63) is 89.0 Å². The van der Waals surface area contributed by atoms with Crippen molar-refractivity contribution < 1.29 is 0 Å². The summed E-state index contributed by atoms with van der Waals surface area (Å²) in [6.07, 6.45) is 3.57. The molecule has 0 saturated carbocycles. The molecule has 8 heteroatoms. The Morgan fingerprint density at radius 3 is 2.65 bits per heavy atom. The third-order valence-electron chi connectivity index (χ3n) is 6.53. The molecule has 0 saturated heterocycles. The van der Waals surface area contributed by atoms with E-state index in [-0.39, 0.29) is 5.56 Å². The Morgan fingerprint density at radius 2 is 1.79 bits per heavy atom. The monoisotopic (exact) mass is 449 g/mol. The predicted molar refractivity (Wildman–Crippen MR) is 137 cm³/mol. The van der Waals surface area contributed by atoms with Crippen molar-refractivity contribution in [3.63, 3.8) is 0 Å². The number of rotatable bonds is 4. The van der Waals surface area contributed by atoms with Gasteiger partial charge in [-0.25, -0.2) is 4.68 Å². The van der Waals surface area contributed by atoms with Crippen molar-refractivity contribution >= 4 is 49.8 Å². The van der Waals surface area contributed by atoms with Gasteiger partial charge in [-0.3, -0.25) is 9.89 Å². The molecule has 3 N–H and O–H groups in total. The van der Waals surface area contributed by atoms with Crippen molar-refractivity contribution in [3.8, 4) is 0 Å². The van der Waals surface area contributed by atoms with Gasteiger partial charge in [0, 0.05) is 47.3 Å². The molecule has 0 fully saturated rings. The van der Waals surface area contributed by atoms with E-state index in [2.05, 4.69) is 32.3 Å². The van der Waals surface area contributed by atoms with Gasteiger partial charge in [-0.2, -0.15) is 10.2 Å². The number of H-pyrrole nitrogens is 1. The molecule has 6 aromatic rings. The van der Waals surface area contributed by atoms with Crippen LogP contribution in [0.15, 0.2) is 77.9 Å². The van der Waals surface area contributed by atoms with E-state index in [0.29, 0.717) is 17.7 Å². The number of hydrogen-bond acceptors (Lipinski definition) is 5. The van der Waals surface area contributed by atoms with Crippen LogP contribution in [0, 0.1) is 0 Å². The predicted octanol–water partition coefficient (Wildman–Crippen LogP) is 4.16. The number of hydrogen-bond donors (Lipinski definition) is 2. The van der Waals surface area contributed by atoms with Crippen LogP contribution in [-0.4, -0.2) is 31.6 Å². The normalized spacial score (nSPS) is 11.6. The molecule has 0 aliphatic carbocycles. The average molecular weight is 450 g/mol. The number of nitrogen functional groups attached to an aromatic ring is 1. The van der Waals surface area contributed by atoms with Gasteiger partial charge in [-0.1, -0.05) is 24.3 Å². The molecule has 6 rings (SSSR count). The number of aromatic amines is 1. The smallest absolute Gasteiger partial charge is 0.291 e. The maximum Gasteiger partial charge on any atom is 0.291 e. The molecule has 0 bridgehead atoms. The van der Waals surface area contributed by atoms with Crippen LogP contribution in [-0.2, 0) is 13.6 Å². The van der Waals surface area contributed by atoms with Gasteiger partial charge in [0.05, 0.1) is 30.0 Å². The summed E-state index contributed by atoms with van der Waals surface area (Å²) in [4.78, 5) is 15.6. The second kappa shape index (κ2) is 7.48. The summed E-state index contributed by atoms with van der Waals surface area (Å²) in [7, 11) is 3.93. The lowest BCUT2D eigenvalue weighted by Crippen LogP contribution is -2.24. The average Bonchev–Trinajstić information content (AvgIpc) is 3.44. The van der Waals surface area contributed by atoms with Gasteiger partial charge in [-0.15, -0.1) is 0 Å². The fourth-order valence-corrected chi connectivity index (χ4v) is 4.68. The molecule has 0 aliphatic rings. The molecule has 8 nitrogen and oxygen atoms in total. The van der Waals surface area contributed by atoms with Crippen LogP contribution in [0.3, 0.4) is 0 Å². The van der Waals surface area contributed by atoms with Gasteiger partial charge < -0.3 is 15.2 Å². The fourth-order valence-electron chi connectivity index (χ4n) is 4.68. The first-order valence-electron chi connectivity index (χ1n) is 11.0. The van der Waals surface area contributed by atoms with Crippen LogP contribution >= 0.6 is 0 Å². The molecule has 0 atom stereocenters. The lowest BCUT2D eigenvalue weighted by atomic mass is 10.1. The number of benzene rings is 3. The van der Waals surface area contributed by atoms with Gasteiger partial charge in [0.25, 0.3) is 5.56 Å². The molecule has 0 spiro atoms. The largest absolute Gasteiger partial charge is 0.399 e. The van der Waals surface area contributed by atoms with Crippen molar-refractivity contribution in [1.82, 2.24) is 24.5 Å². The molecule has 34 heavy (non-hydrogen) atoms. The summed E-state index contributed by atoms with van der Waals surface area (Å²) in [5, 5.41) is 14.4. The summed E-state index contributed by atoms with van der Waals surface area (Å²) in [6, 6.07) is 19.9. The van der Waals surface area contributed by atoms with Gasteiger partial charge in [0.1, 0.15) is 5.52 Å². The highest BCUT2D eigenvalue weighted by atomic mass is 16.1. The van der Waals surface area contributed by atoms with E-state index in [9.17, 15) is 4.79 Å². The SMILES string of the molecule is CN(c1cccc(N)c1)c1ccc2c3cnn(Cc4cccc5[nH]ncc45)c(=O)c3n(C)c2c1. The van der Waals surface area contributed by atoms with E-state index >= 15 is 0 Å². The minimum Gasteiger partial charge on any atom is -0.399 e. The maximum absolute atomic E-state index is 13.5. The molecule has 0 aliphatic heterocycles. The molecule has 0 radical (unpaired) electrons. The number of nitrogens with two attached hydrogens (primary N) is 1. The number of fused-ring (bicyclic) bond motifs is 4. The van der Waals surface area contributed by atoms with Crippen LogP contribution in [0.25, 0.3) is 32.7 Å². The minimum absolute atomic E-state index is 0.123. The van der Waals surface area contributed by atoms with E-state index in [1.54, 1.807) is 12.4 Å². The number of anilines is 3. The summed E-state index contributed by atoms with van der Waals surface area (Å²) < 4.78 is 3.48. The molecular weight excluding hydrogens is 426 g/mol. The number of aryl methyl sites for hydroxylation is 1. The summed E-state index contributed by atoms with van der Waals surface area (Å²) in [5.41, 5.74) is 12.1. The first-order valence-corrected chi connectivity index (χ1v) is 11.0. The Kier molecular flexibility index (Phi) is 4.41. The number of nitrogens with zero attached hydrogens (tertiary/aromatic N) is 5. The first kappa shape index (κ1) is 20.0. The second-order valence-corrected chi connectivity index (χ2v) is 8.53. The van der Waals surface area contributed by atoms with Crippen LogP contribution in [0.1, 0.15) is 5.56 Å². The lowest BCUT2D eigenvalue weighted by molar-refractivity contribution is 0.647. The highest BCUT2D eigenvalue weighted by molar-refractivity contribution is 6.08. The molecule has 0 unspecified atom stereocenters. The number of aromatic nitrogens is 5. The van der Waals surface area contributed by atoms with Crippen molar-refractivity contribution in [2.24, 2.45) is 7.05 Å². The van der Waals surface area contributed by atoms with E-state index < -0.39 is 0 Å². The molecule has 168 valence electrons. The molecular formula is C26H23N7O. The van der Waals surface area contributed by atoms with E-state index in [0.717, 1.165) is 44.1 Å². The van der Waals surface area contributed by atoms with Crippen molar-refractivity contribution in [2.75, 3.05) is 17.7 Å². The third kappa shape index (κ3) is 3.03. The molecule has 3 aromatic carbocycles. The third-order valence-corrected chi connectivity index (χ3v) is 6.53. The van der Waals surface area contributed by atoms with Crippen LogP contribution in [0.5, 0.6) is 0 Å². The zero-order chi connectivity index (χ0) is 23.4. The maximum atomic E-state index is 13.5. The Morgan fingerprint density at radius 1 is 0.971 bits per heavy atom. The van der Waals surface area contributed by atoms with Gasteiger partial charge in [0.15, 0.2) is 0 Å². The molecule has 3 heterocycles. The summed E-state index contributed by atoms with van der Waals surface area (Å²) >= 11 is 0. The Labute approximate surface area is 194 Å². The Balaban J connectivity index is 1.46. The Bertz CT molecular complexity index is 1760. The Hall–Kier alpha value is -4.59. The summed E-state index contributed by atoms with van der Waals surface area (Å²) in [5.74, 6) is 0. The second-order valence-electron chi connectivity index (χ2n) is 8.53. The van der Waals surface area contributed by atoms with Crippen molar-refractivity contribution in [2.45, 2.75) is 6.54 Å². The van der Waals surface area contributed by atoms with E-state index in [4.69, 9.17) is 5.73 Å². The van der Waals surface area contributed by atoms with Crippen LogP contribution in [0.4, 0.5) is 17.1 Å². The lowest BCUT2D eigenvalue weighted by Gasteiger charge is -2.20. The minimum atomic E-state index is -0.123.